The van der Waals surface area contributed by atoms with Gasteiger partial charge in [-0.15, -0.1) is 0 Å². The molecule has 0 radical (unpaired) electrons. The van der Waals surface area contributed by atoms with Gasteiger partial charge in [-0.1, -0.05) is 0 Å². The number of carbonyl (C=O) groups excluding carboxylic acids is 1. The summed E-state index contributed by atoms with van der Waals surface area (Å²) in [6, 6.07) is 2.83. The molecule has 0 bridgehead atoms. The Hall–Kier alpha value is -1.86. The highest BCUT2D eigenvalue weighted by molar-refractivity contribution is 5.86. The number of amides is 1. The smallest absolute Gasteiger partial charge is 0.371 e. The van der Waals surface area contributed by atoms with Gasteiger partial charge in [0.1, 0.15) is 11.3 Å². The summed E-state index contributed by atoms with van der Waals surface area (Å²) in [5, 5.41) is 11.3. The molecule has 1 saturated heterocycles. The van der Waals surface area contributed by atoms with Gasteiger partial charge in [-0.25, -0.2) is 4.79 Å². The maximum absolute atomic E-state index is 11.8. The summed E-state index contributed by atoms with van der Waals surface area (Å²) < 4.78 is 10.1. The van der Waals surface area contributed by atoms with E-state index in [0.717, 1.165) is 0 Å². The number of hydrogen-bond acceptors (Lipinski definition) is 5. The molecule has 1 aliphatic heterocycles. The van der Waals surface area contributed by atoms with Crippen molar-refractivity contribution in [3.63, 3.8) is 0 Å². The van der Waals surface area contributed by atoms with Crippen LogP contribution in [0.25, 0.3) is 0 Å². The number of nitrogens with one attached hydrogen (secondary N) is 1. The summed E-state index contributed by atoms with van der Waals surface area (Å²) in [6.45, 7) is 0.760. The van der Waals surface area contributed by atoms with E-state index in [1.54, 1.807) is 0 Å². The fourth-order valence-corrected chi connectivity index (χ4v) is 1.69. The minimum Gasteiger partial charge on any atom is -0.475 e. The molecule has 1 unspecified atom stereocenters. The van der Waals surface area contributed by atoms with Crippen molar-refractivity contribution in [3.8, 4) is 0 Å². The van der Waals surface area contributed by atoms with Crippen LogP contribution in [0.4, 0.5) is 0 Å². The fourth-order valence-electron chi connectivity index (χ4n) is 1.69. The van der Waals surface area contributed by atoms with Crippen molar-refractivity contribution in [2.45, 2.75) is 18.5 Å². The quantitative estimate of drug-likeness (QED) is 0.680. The van der Waals surface area contributed by atoms with Crippen molar-refractivity contribution in [1.82, 2.24) is 5.32 Å². The first-order valence-corrected chi connectivity index (χ1v) is 5.48. The van der Waals surface area contributed by atoms with Crippen molar-refractivity contribution in [3.05, 3.63) is 23.7 Å². The maximum Gasteiger partial charge on any atom is 0.371 e. The standard InChI is InChI=1S/C11H14N2O5/c12-11(3-4-17-6-11)10(16)13-5-7-1-2-8(18-7)9(14)15/h1-2H,3-6,12H2,(H,13,16)(H,14,15). The van der Waals surface area contributed by atoms with Crippen LogP contribution < -0.4 is 11.1 Å². The van der Waals surface area contributed by atoms with E-state index in [1.807, 2.05) is 0 Å². The van der Waals surface area contributed by atoms with Crippen LogP contribution in [-0.4, -0.2) is 35.7 Å². The third kappa shape index (κ3) is 2.52. The highest BCUT2D eigenvalue weighted by atomic mass is 16.5. The Morgan fingerprint density at radius 3 is 2.83 bits per heavy atom. The summed E-state index contributed by atoms with van der Waals surface area (Å²) in [6.07, 6.45) is 0.470. The van der Waals surface area contributed by atoms with Gasteiger partial charge in [0.25, 0.3) is 0 Å². The fraction of sp³-hybridized carbons (Fsp3) is 0.455. The van der Waals surface area contributed by atoms with Crippen LogP contribution in [0.2, 0.25) is 0 Å². The Kier molecular flexibility index (Phi) is 3.35. The second-order valence-electron chi connectivity index (χ2n) is 4.21. The molecule has 1 amide bonds. The summed E-state index contributed by atoms with van der Waals surface area (Å²) >= 11 is 0. The largest absolute Gasteiger partial charge is 0.475 e. The molecule has 1 aromatic rings. The predicted octanol–water partition coefficient (Wildman–Crippen LogP) is -0.288. The number of hydrogen-bond donors (Lipinski definition) is 3. The van der Waals surface area contributed by atoms with E-state index in [9.17, 15) is 9.59 Å². The molecule has 1 atom stereocenters. The van der Waals surface area contributed by atoms with Crippen molar-refractivity contribution >= 4 is 11.9 Å². The number of nitrogens with two attached hydrogens (primary N) is 1. The van der Waals surface area contributed by atoms with Gasteiger partial charge in [0.2, 0.25) is 11.7 Å². The van der Waals surface area contributed by atoms with Gasteiger partial charge >= 0.3 is 5.97 Å². The normalized spacial score (nSPS) is 22.9. The maximum atomic E-state index is 11.8. The molecule has 7 nitrogen and oxygen atoms in total. The first-order valence-electron chi connectivity index (χ1n) is 5.48. The zero-order valence-corrected chi connectivity index (χ0v) is 9.64. The Morgan fingerprint density at radius 1 is 1.50 bits per heavy atom. The van der Waals surface area contributed by atoms with Crippen LogP contribution in [-0.2, 0) is 16.1 Å². The number of ether oxygens (including phenoxy) is 1. The number of carboxylic acids is 1. The van der Waals surface area contributed by atoms with Crippen LogP contribution >= 0.6 is 0 Å². The van der Waals surface area contributed by atoms with Crippen LogP contribution in [0.3, 0.4) is 0 Å². The van der Waals surface area contributed by atoms with E-state index >= 15 is 0 Å². The molecule has 4 N–H and O–H groups in total. The van der Waals surface area contributed by atoms with Gasteiger partial charge < -0.3 is 25.3 Å². The van der Waals surface area contributed by atoms with Gasteiger partial charge in [0.05, 0.1) is 13.2 Å². The lowest BCUT2D eigenvalue weighted by atomic mass is 9.99. The Bertz CT molecular complexity index is 462. The monoisotopic (exact) mass is 254 g/mol. The minimum absolute atomic E-state index is 0.102. The first-order chi connectivity index (χ1) is 8.51. The summed E-state index contributed by atoms with van der Waals surface area (Å²) in [4.78, 5) is 22.4. The van der Waals surface area contributed by atoms with Crippen LogP contribution in [0.5, 0.6) is 0 Å². The van der Waals surface area contributed by atoms with E-state index in [4.69, 9.17) is 20.0 Å². The van der Waals surface area contributed by atoms with Gasteiger partial charge in [0, 0.05) is 6.61 Å². The molecule has 18 heavy (non-hydrogen) atoms. The minimum atomic E-state index is -1.15. The zero-order valence-electron chi connectivity index (χ0n) is 9.64. The van der Waals surface area contributed by atoms with Gasteiger partial charge in [-0.3, -0.25) is 4.79 Å². The van der Waals surface area contributed by atoms with E-state index in [1.165, 1.54) is 12.1 Å². The molecule has 0 aliphatic carbocycles. The molecule has 1 aliphatic rings. The molecule has 0 saturated carbocycles. The number of aromatic carboxylic acids is 1. The van der Waals surface area contributed by atoms with Crippen molar-refractivity contribution in [2.75, 3.05) is 13.2 Å². The molecule has 2 rings (SSSR count). The van der Waals surface area contributed by atoms with Crippen molar-refractivity contribution in [1.29, 1.82) is 0 Å². The third-order valence-corrected chi connectivity index (χ3v) is 2.80. The first kappa shape index (κ1) is 12.6. The molecule has 2 heterocycles. The van der Waals surface area contributed by atoms with Crippen LogP contribution in [0, 0.1) is 0 Å². The molecule has 7 heteroatoms. The average molecular weight is 254 g/mol. The molecular formula is C11H14N2O5. The summed E-state index contributed by atoms with van der Waals surface area (Å²) in [5.41, 5.74) is 4.86. The molecule has 1 aromatic heterocycles. The number of furan rings is 1. The summed E-state index contributed by atoms with van der Waals surface area (Å²) in [7, 11) is 0. The van der Waals surface area contributed by atoms with E-state index in [-0.39, 0.29) is 24.8 Å². The number of carbonyl (C=O) groups is 2. The number of carboxylic acid groups (broad SMARTS) is 1. The lowest BCUT2D eigenvalue weighted by Gasteiger charge is -2.20. The van der Waals surface area contributed by atoms with Crippen LogP contribution in [0.1, 0.15) is 22.7 Å². The highest BCUT2D eigenvalue weighted by Crippen LogP contribution is 2.16. The lowest BCUT2D eigenvalue weighted by Crippen LogP contribution is -2.54. The van der Waals surface area contributed by atoms with Gasteiger partial charge in [-0.2, -0.15) is 0 Å². The molecule has 1 fully saturated rings. The predicted molar refractivity (Wildman–Crippen MR) is 59.9 cm³/mol. The average Bonchev–Trinajstić information content (AvgIpc) is 2.95. The second kappa shape index (κ2) is 4.79. The summed E-state index contributed by atoms with van der Waals surface area (Å²) in [5.74, 6) is -1.27. The molecular weight excluding hydrogens is 240 g/mol. The second-order valence-corrected chi connectivity index (χ2v) is 4.21. The highest BCUT2D eigenvalue weighted by Gasteiger charge is 2.38. The van der Waals surface area contributed by atoms with E-state index in [0.29, 0.717) is 18.8 Å². The SMILES string of the molecule is NC1(C(=O)NCc2ccc(C(=O)O)o2)CCOC1. The van der Waals surface area contributed by atoms with E-state index in [2.05, 4.69) is 5.32 Å². The molecule has 98 valence electrons. The van der Waals surface area contributed by atoms with Gasteiger partial charge in [0.15, 0.2) is 0 Å². The van der Waals surface area contributed by atoms with E-state index < -0.39 is 11.5 Å². The Balaban J connectivity index is 1.90. The third-order valence-electron chi connectivity index (χ3n) is 2.80. The molecule has 0 aromatic carbocycles. The topological polar surface area (TPSA) is 115 Å². The van der Waals surface area contributed by atoms with Crippen molar-refractivity contribution < 1.29 is 23.8 Å². The van der Waals surface area contributed by atoms with Crippen molar-refractivity contribution in [2.24, 2.45) is 5.73 Å². The lowest BCUT2D eigenvalue weighted by molar-refractivity contribution is -0.126. The Morgan fingerprint density at radius 2 is 2.28 bits per heavy atom. The molecule has 0 spiro atoms. The van der Waals surface area contributed by atoms with Crippen LogP contribution in [0.15, 0.2) is 16.5 Å². The Labute approximate surface area is 103 Å². The zero-order chi connectivity index (χ0) is 13.2. The number of rotatable bonds is 4. The van der Waals surface area contributed by atoms with Gasteiger partial charge in [-0.05, 0) is 18.6 Å².